The first-order valence-electron chi connectivity index (χ1n) is 7.82. The highest BCUT2D eigenvalue weighted by molar-refractivity contribution is 6.18. The number of Topliss-reactive ketones (excluding diaryl/α,β-unsaturated/α-hetero) is 1. The molecule has 8 heteroatoms. The fourth-order valence-electron chi connectivity index (χ4n) is 2.89. The molecule has 2 aliphatic rings. The number of ketones is 1. The van der Waals surface area contributed by atoms with Gasteiger partial charge in [0.1, 0.15) is 18.4 Å². The van der Waals surface area contributed by atoms with E-state index >= 15 is 0 Å². The predicted molar refractivity (Wildman–Crippen MR) is 85.9 cm³/mol. The molecule has 0 N–H and O–H groups in total. The molecule has 1 fully saturated rings. The van der Waals surface area contributed by atoms with Crippen molar-refractivity contribution < 1.29 is 19.0 Å². The molecule has 0 aliphatic carbocycles. The van der Waals surface area contributed by atoms with E-state index in [-0.39, 0.29) is 18.2 Å². The Balaban J connectivity index is 2.06. The molecule has 1 saturated heterocycles. The van der Waals surface area contributed by atoms with Crippen LogP contribution < -0.4 is 4.57 Å². The van der Waals surface area contributed by atoms with Crippen molar-refractivity contribution in [3.05, 3.63) is 11.9 Å². The highest BCUT2D eigenvalue weighted by atomic mass is 16.2. The monoisotopic (exact) mass is 332 g/mol. The number of rotatable bonds is 2. The molecule has 8 nitrogen and oxygen atoms in total. The molecule has 1 atom stereocenters. The van der Waals surface area contributed by atoms with Gasteiger partial charge in [-0.2, -0.15) is 0 Å². The Labute approximate surface area is 140 Å². The predicted octanol–water partition coefficient (Wildman–Crippen LogP) is 0.808. The number of amides is 3. The number of aliphatic imine (C=N–C) groups is 1. The summed E-state index contributed by atoms with van der Waals surface area (Å²) in [6, 6.07) is -1.06. The number of carbonyl (C=O) groups is 3. The highest BCUT2D eigenvalue weighted by Crippen LogP contribution is 2.29. The quantitative estimate of drug-likeness (QED) is 0.752. The molecule has 1 aromatic rings. The van der Waals surface area contributed by atoms with E-state index in [0.717, 1.165) is 10.6 Å². The molecule has 3 rings (SSSR count). The van der Waals surface area contributed by atoms with Crippen LogP contribution in [0.5, 0.6) is 0 Å². The maximum absolute atomic E-state index is 12.5. The van der Waals surface area contributed by atoms with Crippen LogP contribution in [-0.2, 0) is 16.1 Å². The number of hydrogen-bond donors (Lipinski definition) is 0. The number of aromatic nitrogens is 2. The highest BCUT2D eigenvalue weighted by Gasteiger charge is 2.52. The summed E-state index contributed by atoms with van der Waals surface area (Å²) in [6.07, 6.45) is 1.81. The number of fused-ring (bicyclic) bond motifs is 3. The average molecular weight is 332 g/mol. The van der Waals surface area contributed by atoms with E-state index in [2.05, 4.69) is 4.99 Å². The first-order valence-corrected chi connectivity index (χ1v) is 7.82. The fourth-order valence-corrected chi connectivity index (χ4v) is 2.89. The van der Waals surface area contributed by atoms with Gasteiger partial charge in [-0.1, -0.05) is 25.8 Å². The molecule has 0 spiro atoms. The molecule has 0 saturated carbocycles. The zero-order chi connectivity index (χ0) is 18.0. The SMILES string of the molecule is Cc1c[n+]2c(n1CC(=O)C(C)(C)C)N=C1C2C(=O)N(C)C(=O)N1C. The smallest absolute Gasteiger partial charge is 0.295 e. The first kappa shape index (κ1) is 16.4. The van der Waals surface area contributed by atoms with Crippen LogP contribution in [-0.4, -0.2) is 52.0 Å². The van der Waals surface area contributed by atoms with Crippen LogP contribution in [0.2, 0.25) is 0 Å². The van der Waals surface area contributed by atoms with Crippen LogP contribution >= 0.6 is 0 Å². The van der Waals surface area contributed by atoms with Crippen LogP contribution in [0.25, 0.3) is 0 Å². The van der Waals surface area contributed by atoms with Crippen LogP contribution in [0.15, 0.2) is 11.2 Å². The molecule has 24 heavy (non-hydrogen) atoms. The Bertz CT molecular complexity index is 799. The minimum atomic E-state index is -0.655. The van der Waals surface area contributed by atoms with Crippen molar-refractivity contribution in [2.75, 3.05) is 14.1 Å². The number of amidine groups is 1. The van der Waals surface area contributed by atoms with Crippen LogP contribution in [0.4, 0.5) is 10.7 Å². The fraction of sp³-hybridized carbons (Fsp3) is 0.562. The second-order valence-corrected chi connectivity index (χ2v) is 7.35. The van der Waals surface area contributed by atoms with Crippen LogP contribution in [0, 0.1) is 12.3 Å². The summed E-state index contributed by atoms with van der Waals surface area (Å²) in [6.45, 7) is 7.68. The Morgan fingerprint density at radius 1 is 1.25 bits per heavy atom. The van der Waals surface area contributed by atoms with Crippen molar-refractivity contribution in [1.82, 2.24) is 14.4 Å². The molecular formula is C16H22N5O3+. The van der Waals surface area contributed by atoms with Gasteiger partial charge in [0.25, 0.3) is 5.91 Å². The van der Waals surface area contributed by atoms with Gasteiger partial charge in [0, 0.05) is 19.5 Å². The van der Waals surface area contributed by atoms with Gasteiger partial charge in [-0.3, -0.25) is 19.4 Å². The zero-order valence-corrected chi connectivity index (χ0v) is 14.8. The van der Waals surface area contributed by atoms with Crippen molar-refractivity contribution in [2.24, 2.45) is 10.4 Å². The van der Waals surface area contributed by atoms with Crippen molar-refractivity contribution in [2.45, 2.75) is 40.3 Å². The summed E-state index contributed by atoms with van der Waals surface area (Å²) in [5, 5.41) is 0. The number of imide groups is 1. The molecule has 128 valence electrons. The van der Waals surface area contributed by atoms with Crippen molar-refractivity contribution in [3.63, 3.8) is 0 Å². The van der Waals surface area contributed by atoms with Gasteiger partial charge in [-0.15, -0.1) is 0 Å². The van der Waals surface area contributed by atoms with Gasteiger partial charge in [0.05, 0.1) is 0 Å². The van der Waals surface area contributed by atoms with Crippen LogP contribution in [0.3, 0.4) is 0 Å². The molecule has 3 amide bonds. The number of hydrogen-bond acceptors (Lipinski definition) is 4. The first-order chi connectivity index (χ1) is 11.0. The lowest BCUT2D eigenvalue weighted by Gasteiger charge is -2.30. The largest absolute Gasteiger partial charge is 0.402 e. The van der Waals surface area contributed by atoms with E-state index in [4.69, 9.17) is 0 Å². The Hall–Kier alpha value is -2.51. The molecule has 3 heterocycles. The summed E-state index contributed by atoms with van der Waals surface area (Å²) in [5.41, 5.74) is 0.385. The zero-order valence-electron chi connectivity index (χ0n) is 14.8. The second-order valence-electron chi connectivity index (χ2n) is 7.35. The van der Waals surface area contributed by atoms with Crippen molar-refractivity contribution in [1.29, 1.82) is 0 Å². The molecular weight excluding hydrogens is 310 g/mol. The Kier molecular flexibility index (Phi) is 3.40. The number of likely N-dealkylation sites (N-methyl/N-ethyl adjacent to an activating group) is 2. The topological polar surface area (TPSA) is 78.9 Å². The van der Waals surface area contributed by atoms with Crippen molar-refractivity contribution >= 4 is 29.5 Å². The molecule has 0 aromatic carbocycles. The summed E-state index contributed by atoms with van der Waals surface area (Å²) >= 11 is 0. The number of carbonyl (C=O) groups excluding carboxylic acids is 3. The minimum Gasteiger partial charge on any atom is -0.295 e. The third kappa shape index (κ3) is 2.16. The van der Waals surface area contributed by atoms with E-state index in [0.29, 0.717) is 11.8 Å². The number of imidazole rings is 1. The lowest BCUT2D eigenvalue weighted by atomic mass is 9.91. The molecule has 1 aromatic heterocycles. The van der Waals surface area contributed by atoms with E-state index in [1.54, 1.807) is 16.2 Å². The van der Waals surface area contributed by atoms with Gasteiger partial charge < -0.3 is 0 Å². The lowest BCUT2D eigenvalue weighted by Crippen LogP contribution is -2.61. The number of urea groups is 1. The summed E-state index contributed by atoms with van der Waals surface area (Å²) in [5.74, 6) is 0.677. The maximum Gasteiger partial charge on any atom is 0.402 e. The molecule has 2 aliphatic heterocycles. The van der Waals surface area contributed by atoms with Gasteiger partial charge in [0.2, 0.25) is 11.9 Å². The summed E-state index contributed by atoms with van der Waals surface area (Å²) in [4.78, 5) is 44.0. The summed E-state index contributed by atoms with van der Waals surface area (Å²) in [7, 11) is 3.06. The summed E-state index contributed by atoms with van der Waals surface area (Å²) < 4.78 is 3.53. The average Bonchev–Trinajstić information content (AvgIpc) is 2.99. The van der Waals surface area contributed by atoms with Crippen LogP contribution in [0.1, 0.15) is 32.5 Å². The van der Waals surface area contributed by atoms with E-state index in [1.165, 1.54) is 11.9 Å². The molecule has 0 bridgehead atoms. The molecule has 1 unspecified atom stereocenters. The number of aryl methyl sites for hydroxylation is 1. The maximum atomic E-state index is 12.5. The minimum absolute atomic E-state index is 0.0764. The van der Waals surface area contributed by atoms with Crippen molar-refractivity contribution in [3.8, 4) is 0 Å². The standard InChI is InChI=1S/C16H22N5O3/c1-9-7-21-11-12(18(5)15(24)19(6)13(11)23)17-14(21)20(9)8-10(22)16(2,3)4/h7,11H,8H2,1-6H3/q+1. The Morgan fingerprint density at radius 3 is 2.46 bits per heavy atom. The normalized spacial score (nSPS) is 20.2. The molecule has 0 radical (unpaired) electrons. The lowest BCUT2D eigenvalue weighted by molar-refractivity contribution is -0.677. The second kappa shape index (κ2) is 4.99. The van der Waals surface area contributed by atoms with Gasteiger partial charge in [0.15, 0.2) is 5.78 Å². The number of nitrogens with zero attached hydrogens (tertiary/aromatic N) is 5. The van der Waals surface area contributed by atoms with Gasteiger partial charge >= 0.3 is 12.0 Å². The Morgan fingerprint density at radius 2 is 1.88 bits per heavy atom. The van der Waals surface area contributed by atoms with E-state index < -0.39 is 17.5 Å². The van der Waals surface area contributed by atoms with E-state index in [1.807, 2.05) is 33.9 Å². The third-order valence-electron chi connectivity index (χ3n) is 4.58. The van der Waals surface area contributed by atoms with E-state index in [9.17, 15) is 14.4 Å². The third-order valence-corrected chi connectivity index (χ3v) is 4.58. The van der Waals surface area contributed by atoms with Gasteiger partial charge in [-0.25, -0.2) is 13.9 Å². The van der Waals surface area contributed by atoms with Gasteiger partial charge in [-0.05, 0) is 6.92 Å².